The second-order valence-electron chi connectivity index (χ2n) is 4.16. The molecular weight excluding hydrogens is 244 g/mol. The molecule has 0 saturated heterocycles. The predicted octanol–water partition coefficient (Wildman–Crippen LogP) is 0.936. The monoisotopic (exact) mass is 260 g/mol. The summed E-state index contributed by atoms with van der Waals surface area (Å²) in [6, 6.07) is 0. The first-order valence-corrected chi connectivity index (χ1v) is 5.94. The molecule has 0 atom stereocenters. The van der Waals surface area contributed by atoms with E-state index in [0.717, 1.165) is 23.5 Å². The highest BCUT2D eigenvalue weighted by atomic mass is 16.4. The summed E-state index contributed by atoms with van der Waals surface area (Å²) in [6.45, 7) is 5.69. The molecule has 0 amide bonds. The topological polar surface area (TPSA) is 102 Å². The quantitative estimate of drug-likeness (QED) is 0.370. The fourth-order valence-electron chi connectivity index (χ4n) is 1.91. The lowest BCUT2D eigenvalue weighted by Crippen LogP contribution is -2.21. The maximum absolute atomic E-state index is 8.94. The van der Waals surface area contributed by atoms with Crippen molar-refractivity contribution >= 4 is 5.84 Å². The standard InChI is InChI=1S/C12H16N6O/c1-4-9-14-5-6-18(9)12-10(11(13)17-19)7(2)8(3)15-16-12/h5-6,19H,4H2,1-3H3,(H2,13,17). The summed E-state index contributed by atoms with van der Waals surface area (Å²) in [5.41, 5.74) is 7.90. The molecule has 0 aromatic carbocycles. The van der Waals surface area contributed by atoms with E-state index in [2.05, 4.69) is 20.3 Å². The zero-order valence-corrected chi connectivity index (χ0v) is 11.1. The molecule has 0 aliphatic heterocycles. The van der Waals surface area contributed by atoms with Crippen molar-refractivity contribution in [3.8, 4) is 5.82 Å². The molecule has 0 bridgehead atoms. The van der Waals surface area contributed by atoms with Gasteiger partial charge < -0.3 is 10.9 Å². The fourth-order valence-corrected chi connectivity index (χ4v) is 1.91. The molecule has 7 nitrogen and oxygen atoms in total. The number of rotatable bonds is 3. The van der Waals surface area contributed by atoms with E-state index in [0.29, 0.717) is 11.4 Å². The fraction of sp³-hybridized carbons (Fsp3) is 0.333. The molecule has 0 fully saturated rings. The van der Waals surface area contributed by atoms with Crippen molar-refractivity contribution < 1.29 is 5.21 Å². The Hall–Kier alpha value is -2.44. The largest absolute Gasteiger partial charge is 0.409 e. The molecular formula is C12H16N6O. The summed E-state index contributed by atoms with van der Waals surface area (Å²) in [5, 5.41) is 20.3. The van der Waals surface area contributed by atoms with Gasteiger partial charge in [-0.05, 0) is 19.4 Å². The van der Waals surface area contributed by atoms with Gasteiger partial charge in [0, 0.05) is 18.8 Å². The molecule has 7 heteroatoms. The zero-order valence-electron chi connectivity index (χ0n) is 11.1. The number of aromatic nitrogens is 4. The van der Waals surface area contributed by atoms with Crippen LogP contribution < -0.4 is 5.73 Å². The average Bonchev–Trinajstić information content (AvgIpc) is 2.89. The van der Waals surface area contributed by atoms with Crippen LogP contribution in [0.3, 0.4) is 0 Å². The average molecular weight is 260 g/mol. The number of hydrogen-bond acceptors (Lipinski definition) is 5. The minimum Gasteiger partial charge on any atom is -0.409 e. The van der Waals surface area contributed by atoms with Gasteiger partial charge in [0.15, 0.2) is 11.7 Å². The number of amidine groups is 1. The molecule has 2 aromatic heterocycles. The van der Waals surface area contributed by atoms with Crippen molar-refractivity contribution in [3.63, 3.8) is 0 Å². The van der Waals surface area contributed by atoms with Crippen molar-refractivity contribution in [1.29, 1.82) is 0 Å². The molecule has 0 spiro atoms. The second-order valence-corrected chi connectivity index (χ2v) is 4.16. The zero-order chi connectivity index (χ0) is 14.0. The first kappa shape index (κ1) is 13.0. The summed E-state index contributed by atoms with van der Waals surface area (Å²) in [4.78, 5) is 4.24. The van der Waals surface area contributed by atoms with Gasteiger partial charge in [-0.25, -0.2) is 4.98 Å². The molecule has 0 radical (unpaired) electrons. The van der Waals surface area contributed by atoms with Gasteiger partial charge in [-0.15, -0.1) is 5.10 Å². The Morgan fingerprint density at radius 2 is 2.16 bits per heavy atom. The summed E-state index contributed by atoms with van der Waals surface area (Å²) in [7, 11) is 0. The second kappa shape index (κ2) is 5.05. The van der Waals surface area contributed by atoms with Crippen LogP contribution in [0, 0.1) is 13.8 Å². The minimum absolute atomic E-state index is 0.0150. The van der Waals surface area contributed by atoms with Crippen LogP contribution in [-0.2, 0) is 6.42 Å². The molecule has 100 valence electrons. The van der Waals surface area contributed by atoms with E-state index in [-0.39, 0.29) is 5.84 Å². The van der Waals surface area contributed by atoms with Crippen LogP contribution in [0.15, 0.2) is 17.5 Å². The summed E-state index contributed by atoms with van der Waals surface area (Å²) >= 11 is 0. The van der Waals surface area contributed by atoms with E-state index in [9.17, 15) is 0 Å². The summed E-state index contributed by atoms with van der Waals surface area (Å²) in [5.74, 6) is 1.37. The van der Waals surface area contributed by atoms with Gasteiger partial charge in [-0.2, -0.15) is 5.10 Å². The van der Waals surface area contributed by atoms with E-state index in [1.54, 1.807) is 17.0 Å². The van der Waals surface area contributed by atoms with Crippen molar-refractivity contribution in [2.24, 2.45) is 10.9 Å². The Bertz CT molecular complexity index is 631. The molecule has 0 aliphatic rings. The van der Waals surface area contributed by atoms with Crippen LogP contribution in [0.5, 0.6) is 0 Å². The molecule has 0 saturated carbocycles. The molecule has 2 heterocycles. The highest BCUT2D eigenvalue weighted by Gasteiger charge is 2.18. The van der Waals surface area contributed by atoms with Crippen molar-refractivity contribution in [1.82, 2.24) is 19.7 Å². The van der Waals surface area contributed by atoms with E-state index in [1.165, 1.54) is 0 Å². The van der Waals surface area contributed by atoms with Gasteiger partial charge in [0.05, 0.1) is 11.3 Å². The van der Waals surface area contributed by atoms with Crippen molar-refractivity contribution in [3.05, 3.63) is 35.0 Å². The number of imidazole rings is 1. The van der Waals surface area contributed by atoms with Gasteiger partial charge in [0.2, 0.25) is 0 Å². The molecule has 3 N–H and O–H groups in total. The molecule has 19 heavy (non-hydrogen) atoms. The van der Waals surface area contributed by atoms with Crippen LogP contribution >= 0.6 is 0 Å². The molecule has 0 aliphatic carbocycles. The smallest absolute Gasteiger partial charge is 0.174 e. The summed E-state index contributed by atoms with van der Waals surface area (Å²) in [6.07, 6.45) is 4.22. The molecule has 0 unspecified atom stereocenters. The minimum atomic E-state index is 0.0150. The third-order valence-corrected chi connectivity index (χ3v) is 3.06. The normalized spacial score (nSPS) is 11.8. The number of oxime groups is 1. The van der Waals surface area contributed by atoms with Crippen LogP contribution in [0.1, 0.15) is 29.6 Å². The lowest BCUT2D eigenvalue weighted by molar-refractivity contribution is 0.318. The van der Waals surface area contributed by atoms with Crippen LogP contribution in [0.25, 0.3) is 5.82 Å². The molecule has 2 rings (SSSR count). The number of hydrogen-bond donors (Lipinski definition) is 2. The van der Waals surface area contributed by atoms with Crippen molar-refractivity contribution in [2.75, 3.05) is 0 Å². The lowest BCUT2D eigenvalue weighted by atomic mass is 10.1. The SMILES string of the molecule is CCc1nccn1-c1nnc(C)c(C)c1/C(N)=N/O. The Morgan fingerprint density at radius 3 is 2.79 bits per heavy atom. The predicted molar refractivity (Wildman–Crippen MR) is 70.5 cm³/mol. The van der Waals surface area contributed by atoms with Crippen LogP contribution in [0.4, 0.5) is 0 Å². The van der Waals surface area contributed by atoms with Gasteiger partial charge in [-0.3, -0.25) is 4.57 Å². The lowest BCUT2D eigenvalue weighted by Gasteiger charge is -2.13. The Labute approximate surface area is 110 Å². The first-order valence-electron chi connectivity index (χ1n) is 5.94. The van der Waals surface area contributed by atoms with E-state index >= 15 is 0 Å². The maximum Gasteiger partial charge on any atom is 0.174 e. The first-order chi connectivity index (χ1) is 9.10. The van der Waals surface area contributed by atoms with Gasteiger partial charge in [-0.1, -0.05) is 12.1 Å². The molecule has 2 aromatic rings. The van der Waals surface area contributed by atoms with Gasteiger partial charge in [0.25, 0.3) is 0 Å². The Morgan fingerprint density at radius 1 is 1.42 bits per heavy atom. The van der Waals surface area contributed by atoms with Crippen molar-refractivity contribution in [2.45, 2.75) is 27.2 Å². The van der Waals surface area contributed by atoms with Crippen LogP contribution in [0.2, 0.25) is 0 Å². The number of nitrogens with two attached hydrogens (primary N) is 1. The highest BCUT2D eigenvalue weighted by molar-refractivity contribution is 6.01. The van der Waals surface area contributed by atoms with Crippen LogP contribution in [-0.4, -0.2) is 30.8 Å². The van der Waals surface area contributed by atoms with E-state index < -0.39 is 0 Å². The summed E-state index contributed by atoms with van der Waals surface area (Å²) < 4.78 is 1.80. The van der Waals surface area contributed by atoms with E-state index in [1.807, 2.05) is 20.8 Å². The van der Waals surface area contributed by atoms with Gasteiger partial charge in [0.1, 0.15) is 5.82 Å². The third-order valence-electron chi connectivity index (χ3n) is 3.06. The third kappa shape index (κ3) is 2.14. The Kier molecular flexibility index (Phi) is 3.46. The number of nitrogens with zero attached hydrogens (tertiary/aromatic N) is 5. The highest BCUT2D eigenvalue weighted by Crippen LogP contribution is 2.19. The number of aryl methyl sites for hydroxylation is 2. The maximum atomic E-state index is 8.94. The van der Waals surface area contributed by atoms with Gasteiger partial charge >= 0.3 is 0 Å². The van der Waals surface area contributed by atoms with E-state index in [4.69, 9.17) is 10.9 Å². The Balaban J connectivity index is 2.74.